The maximum atomic E-state index is 12.9. The van der Waals surface area contributed by atoms with Crippen molar-refractivity contribution in [2.75, 3.05) is 0 Å². The monoisotopic (exact) mass is 404 g/mol. The summed E-state index contributed by atoms with van der Waals surface area (Å²) >= 11 is 0. The molecule has 0 amide bonds. The summed E-state index contributed by atoms with van der Waals surface area (Å²) in [4.78, 5) is 25.7. The minimum Gasteiger partial charge on any atom is -0.493 e. The van der Waals surface area contributed by atoms with E-state index >= 15 is 0 Å². The maximum absolute atomic E-state index is 12.9. The molecule has 152 valence electrons. The molecular formula is C21H20N6O3. The van der Waals surface area contributed by atoms with Gasteiger partial charge in [-0.15, -0.1) is 16.8 Å². The molecule has 0 aliphatic rings. The lowest BCUT2D eigenvalue weighted by atomic mass is 10.1. The molecule has 0 fully saturated rings. The highest BCUT2D eigenvalue weighted by Gasteiger charge is 2.20. The molecule has 3 aromatic rings. The van der Waals surface area contributed by atoms with Gasteiger partial charge in [0.25, 0.3) is 11.1 Å². The molecule has 0 unspecified atom stereocenters. The standard InChI is InChI=1S/C21H20N6O3/c1-5-11-26-19(28)16(12-22)13(2)17(20(26)29)23-24-18-14(3)25(4)27(21(18)30)15-9-7-6-8-10-15/h5-10,28H,1,11H2,2-4H3. The number of azo groups is 1. The largest absolute Gasteiger partial charge is 0.493 e. The topological polar surface area (TPSA) is 118 Å². The lowest BCUT2D eigenvalue weighted by molar-refractivity contribution is 0.414. The number of benzene rings is 1. The molecule has 0 saturated heterocycles. The first-order valence-corrected chi connectivity index (χ1v) is 9.06. The average Bonchev–Trinajstić information content (AvgIpc) is 2.95. The summed E-state index contributed by atoms with van der Waals surface area (Å²) in [6.45, 7) is 6.75. The lowest BCUT2D eigenvalue weighted by Gasteiger charge is -2.10. The van der Waals surface area contributed by atoms with Gasteiger partial charge in [-0.3, -0.25) is 18.8 Å². The minimum absolute atomic E-state index is 0.00662. The van der Waals surface area contributed by atoms with E-state index in [-0.39, 0.29) is 29.0 Å². The van der Waals surface area contributed by atoms with Crippen LogP contribution < -0.4 is 11.1 Å². The van der Waals surface area contributed by atoms with Crippen LogP contribution in [-0.2, 0) is 13.6 Å². The van der Waals surface area contributed by atoms with Gasteiger partial charge < -0.3 is 5.11 Å². The van der Waals surface area contributed by atoms with Gasteiger partial charge in [0.15, 0.2) is 11.4 Å². The van der Waals surface area contributed by atoms with Crippen LogP contribution in [0.4, 0.5) is 11.4 Å². The highest BCUT2D eigenvalue weighted by Crippen LogP contribution is 2.27. The second-order valence-corrected chi connectivity index (χ2v) is 6.60. The molecule has 9 nitrogen and oxygen atoms in total. The predicted octanol–water partition coefficient (Wildman–Crippen LogP) is 3.13. The summed E-state index contributed by atoms with van der Waals surface area (Å²) in [6.07, 6.45) is 1.42. The van der Waals surface area contributed by atoms with Gasteiger partial charge >= 0.3 is 0 Å². The lowest BCUT2D eigenvalue weighted by Crippen LogP contribution is -2.21. The maximum Gasteiger partial charge on any atom is 0.299 e. The quantitative estimate of drug-likeness (QED) is 0.519. The van der Waals surface area contributed by atoms with E-state index in [0.717, 1.165) is 4.57 Å². The van der Waals surface area contributed by atoms with Crippen molar-refractivity contribution in [2.45, 2.75) is 20.4 Å². The molecule has 2 heterocycles. The Labute approximate surface area is 172 Å². The Morgan fingerprint density at radius 2 is 1.77 bits per heavy atom. The van der Waals surface area contributed by atoms with Crippen LogP contribution in [-0.4, -0.2) is 19.0 Å². The number of allylic oxidation sites excluding steroid dienone is 1. The SMILES string of the molecule is C=CCn1c(O)c(C#N)c(C)c(N=Nc2c(C)n(C)n(-c3ccccc3)c2=O)c1=O. The fourth-order valence-electron chi connectivity index (χ4n) is 3.12. The Morgan fingerprint density at radius 3 is 2.37 bits per heavy atom. The third-order valence-corrected chi connectivity index (χ3v) is 4.85. The van der Waals surface area contributed by atoms with E-state index < -0.39 is 17.0 Å². The molecule has 0 saturated carbocycles. The summed E-state index contributed by atoms with van der Waals surface area (Å²) < 4.78 is 4.07. The number of hydrogen-bond donors (Lipinski definition) is 1. The van der Waals surface area contributed by atoms with Gasteiger partial charge in [0.05, 0.1) is 11.4 Å². The number of para-hydroxylation sites is 1. The number of aromatic hydroxyl groups is 1. The Balaban J connectivity index is 2.20. The second kappa shape index (κ2) is 8.05. The van der Waals surface area contributed by atoms with Gasteiger partial charge in [-0.1, -0.05) is 24.3 Å². The van der Waals surface area contributed by atoms with Crippen molar-refractivity contribution in [3.05, 3.63) is 80.5 Å². The van der Waals surface area contributed by atoms with Crippen molar-refractivity contribution >= 4 is 11.4 Å². The third kappa shape index (κ3) is 3.24. The van der Waals surface area contributed by atoms with Crippen molar-refractivity contribution < 1.29 is 5.11 Å². The molecule has 0 bridgehead atoms. The normalized spacial score (nSPS) is 11.0. The van der Waals surface area contributed by atoms with Crippen LogP contribution in [0.5, 0.6) is 5.88 Å². The van der Waals surface area contributed by atoms with Gasteiger partial charge in [-0.2, -0.15) is 5.26 Å². The van der Waals surface area contributed by atoms with Gasteiger partial charge in [0, 0.05) is 19.2 Å². The molecule has 9 heteroatoms. The molecule has 1 N–H and O–H groups in total. The van der Waals surface area contributed by atoms with Crippen molar-refractivity contribution in [3.8, 4) is 17.6 Å². The minimum atomic E-state index is -0.635. The van der Waals surface area contributed by atoms with Crippen LogP contribution in [0, 0.1) is 25.2 Å². The zero-order valence-corrected chi connectivity index (χ0v) is 16.8. The Kier molecular flexibility index (Phi) is 5.51. The van der Waals surface area contributed by atoms with Crippen LogP contribution >= 0.6 is 0 Å². The van der Waals surface area contributed by atoms with Gasteiger partial charge in [-0.25, -0.2) is 4.68 Å². The molecular weight excluding hydrogens is 384 g/mol. The molecule has 0 atom stereocenters. The molecule has 0 spiro atoms. The van der Waals surface area contributed by atoms with Crippen LogP contribution in [0.3, 0.4) is 0 Å². The molecule has 30 heavy (non-hydrogen) atoms. The zero-order valence-electron chi connectivity index (χ0n) is 16.8. The summed E-state index contributed by atoms with van der Waals surface area (Å²) in [5.41, 5.74) is 0.226. The number of nitriles is 1. The fraction of sp³-hybridized carbons (Fsp3) is 0.190. The smallest absolute Gasteiger partial charge is 0.299 e. The molecule has 1 aromatic carbocycles. The summed E-state index contributed by atoms with van der Waals surface area (Å²) in [5, 5.41) is 27.6. The van der Waals surface area contributed by atoms with Crippen molar-refractivity contribution in [1.82, 2.24) is 13.9 Å². The van der Waals surface area contributed by atoms with E-state index in [1.165, 1.54) is 17.7 Å². The zero-order chi connectivity index (χ0) is 22.0. The molecule has 0 aliphatic carbocycles. The van der Waals surface area contributed by atoms with E-state index in [1.807, 2.05) is 24.3 Å². The highest BCUT2D eigenvalue weighted by atomic mass is 16.3. The van der Waals surface area contributed by atoms with E-state index in [9.17, 15) is 20.0 Å². The second-order valence-electron chi connectivity index (χ2n) is 6.60. The fourth-order valence-corrected chi connectivity index (χ4v) is 3.12. The predicted molar refractivity (Wildman–Crippen MR) is 112 cm³/mol. The third-order valence-electron chi connectivity index (χ3n) is 4.85. The van der Waals surface area contributed by atoms with E-state index in [1.54, 1.807) is 30.8 Å². The van der Waals surface area contributed by atoms with Gasteiger partial charge in [0.2, 0.25) is 5.88 Å². The first-order valence-electron chi connectivity index (χ1n) is 9.06. The van der Waals surface area contributed by atoms with E-state index in [2.05, 4.69) is 16.8 Å². The number of pyridine rings is 1. The number of aromatic nitrogens is 3. The van der Waals surface area contributed by atoms with Crippen molar-refractivity contribution in [2.24, 2.45) is 17.3 Å². The number of hydrogen-bond acceptors (Lipinski definition) is 6. The van der Waals surface area contributed by atoms with Crippen molar-refractivity contribution in [3.63, 3.8) is 0 Å². The highest BCUT2D eigenvalue weighted by molar-refractivity contribution is 5.57. The summed E-state index contributed by atoms with van der Waals surface area (Å²) in [5.74, 6) is -0.457. The Hall–Kier alpha value is -4.19. The molecule has 0 aliphatic heterocycles. The van der Waals surface area contributed by atoms with Crippen LogP contribution in [0.2, 0.25) is 0 Å². The first-order chi connectivity index (χ1) is 14.3. The number of nitrogens with zero attached hydrogens (tertiary/aromatic N) is 6. The van der Waals surface area contributed by atoms with E-state index in [0.29, 0.717) is 11.4 Å². The van der Waals surface area contributed by atoms with Gasteiger partial charge in [-0.05, 0) is 26.0 Å². The molecule has 2 aromatic heterocycles. The molecule has 0 radical (unpaired) electrons. The first kappa shape index (κ1) is 20.5. The summed E-state index contributed by atoms with van der Waals surface area (Å²) in [6, 6.07) is 10.9. The average molecular weight is 404 g/mol. The number of rotatable bonds is 5. The van der Waals surface area contributed by atoms with Crippen molar-refractivity contribution in [1.29, 1.82) is 5.26 Å². The van der Waals surface area contributed by atoms with Crippen LogP contribution in [0.25, 0.3) is 5.69 Å². The van der Waals surface area contributed by atoms with Crippen LogP contribution in [0.15, 0.2) is 62.8 Å². The van der Waals surface area contributed by atoms with Gasteiger partial charge in [0.1, 0.15) is 11.6 Å². The summed E-state index contributed by atoms with van der Waals surface area (Å²) in [7, 11) is 1.72. The Morgan fingerprint density at radius 1 is 1.13 bits per heavy atom. The van der Waals surface area contributed by atoms with E-state index in [4.69, 9.17) is 0 Å². The molecule has 3 rings (SSSR count). The van der Waals surface area contributed by atoms with Crippen LogP contribution in [0.1, 0.15) is 16.8 Å². The Bertz CT molecular complexity index is 1320.